The smallest absolute Gasteiger partial charge is 0.312 e. The van der Waals surface area contributed by atoms with Crippen molar-refractivity contribution in [3.8, 4) is 0 Å². The summed E-state index contributed by atoms with van der Waals surface area (Å²) in [5.74, 6) is -0.255. The number of benzene rings is 1. The maximum atomic E-state index is 11.7. The Labute approximate surface area is 114 Å². The van der Waals surface area contributed by atoms with Gasteiger partial charge in [-0.15, -0.1) is 11.3 Å². The van der Waals surface area contributed by atoms with E-state index < -0.39 is 12.1 Å². The van der Waals surface area contributed by atoms with Crippen LogP contribution in [0.2, 0.25) is 0 Å². The predicted octanol–water partition coefficient (Wildman–Crippen LogP) is 1.57. The average Bonchev–Trinajstić information content (AvgIpc) is 2.78. The van der Waals surface area contributed by atoms with Crippen LogP contribution in [0.15, 0.2) is 29.6 Å². The summed E-state index contributed by atoms with van der Waals surface area (Å²) in [6, 6.07) is 6.68. The fourth-order valence-corrected chi connectivity index (χ4v) is 2.75. The van der Waals surface area contributed by atoms with Gasteiger partial charge in [-0.1, -0.05) is 18.2 Å². The third-order valence-corrected chi connectivity index (χ3v) is 3.78. The van der Waals surface area contributed by atoms with Crippen molar-refractivity contribution in [2.45, 2.75) is 19.5 Å². The Bertz CT molecular complexity index is 609. The van der Waals surface area contributed by atoms with Crippen LogP contribution < -0.4 is 16.4 Å². The SMILES string of the molecule is C[C@@H](NC(N)=O)C(=O)NCc1csc2ccccc12. The van der Waals surface area contributed by atoms with Crippen molar-refractivity contribution >= 4 is 33.4 Å². The van der Waals surface area contributed by atoms with Crippen LogP contribution in [0.5, 0.6) is 0 Å². The summed E-state index contributed by atoms with van der Waals surface area (Å²) in [7, 11) is 0. The van der Waals surface area contributed by atoms with E-state index in [1.54, 1.807) is 18.3 Å². The molecule has 0 radical (unpaired) electrons. The Hall–Kier alpha value is -2.08. The van der Waals surface area contributed by atoms with E-state index >= 15 is 0 Å². The Morgan fingerprint density at radius 3 is 2.84 bits per heavy atom. The summed E-state index contributed by atoms with van der Waals surface area (Å²) >= 11 is 1.64. The molecule has 1 aromatic heterocycles. The first-order valence-corrected chi connectivity index (χ1v) is 6.74. The topological polar surface area (TPSA) is 84.2 Å². The number of nitrogens with two attached hydrogens (primary N) is 1. The Kier molecular flexibility index (Phi) is 4.01. The van der Waals surface area contributed by atoms with Crippen LogP contribution in [0.1, 0.15) is 12.5 Å². The molecular formula is C13H15N3O2S. The number of carbonyl (C=O) groups is 2. The van der Waals surface area contributed by atoms with Gasteiger partial charge in [0.15, 0.2) is 0 Å². The third-order valence-electron chi connectivity index (χ3n) is 2.77. The van der Waals surface area contributed by atoms with Crippen molar-refractivity contribution in [2.75, 3.05) is 0 Å². The normalized spacial score (nSPS) is 12.1. The minimum atomic E-state index is -0.705. The largest absolute Gasteiger partial charge is 0.352 e. The van der Waals surface area contributed by atoms with E-state index in [0.717, 1.165) is 10.9 Å². The van der Waals surface area contributed by atoms with Gasteiger partial charge in [-0.2, -0.15) is 0 Å². The van der Waals surface area contributed by atoms with E-state index in [-0.39, 0.29) is 5.91 Å². The first kappa shape index (κ1) is 13.4. The van der Waals surface area contributed by atoms with Gasteiger partial charge in [0.1, 0.15) is 6.04 Å². The van der Waals surface area contributed by atoms with Crippen LogP contribution in [-0.2, 0) is 11.3 Å². The number of primary amides is 1. The molecule has 0 bridgehead atoms. The molecule has 1 atom stereocenters. The number of thiophene rings is 1. The highest BCUT2D eigenvalue weighted by Gasteiger charge is 2.14. The van der Waals surface area contributed by atoms with Crippen LogP contribution >= 0.6 is 11.3 Å². The van der Waals surface area contributed by atoms with Gasteiger partial charge in [0.25, 0.3) is 0 Å². The standard InChI is InChI=1S/C13H15N3O2S/c1-8(16-13(14)18)12(17)15-6-9-7-19-11-5-3-2-4-10(9)11/h2-5,7-8H,6H2,1H3,(H,15,17)(H3,14,16,18)/t8-/m1/s1. The number of carbonyl (C=O) groups excluding carboxylic acids is 2. The van der Waals surface area contributed by atoms with E-state index in [4.69, 9.17) is 5.73 Å². The lowest BCUT2D eigenvalue weighted by Crippen LogP contribution is -2.46. The lowest BCUT2D eigenvalue weighted by molar-refractivity contribution is -0.122. The van der Waals surface area contributed by atoms with Crippen molar-refractivity contribution in [3.05, 3.63) is 35.2 Å². The van der Waals surface area contributed by atoms with Gasteiger partial charge >= 0.3 is 6.03 Å². The highest BCUT2D eigenvalue weighted by molar-refractivity contribution is 7.17. The Morgan fingerprint density at radius 1 is 1.37 bits per heavy atom. The quantitative estimate of drug-likeness (QED) is 0.792. The van der Waals surface area contributed by atoms with Crippen molar-refractivity contribution in [1.82, 2.24) is 10.6 Å². The molecule has 0 unspecified atom stereocenters. The first-order chi connectivity index (χ1) is 9.08. The van der Waals surface area contributed by atoms with E-state index in [1.165, 1.54) is 4.70 Å². The maximum Gasteiger partial charge on any atom is 0.312 e. The summed E-state index contributed by atoms with van der Waals surface area (Å²) in [4.78, 5) is 22.4. The van der Waals surface area contributed by atoms with Gasteiger partial charge in [0.05, 0.1) is 0 Å². The minimum Gasteiger partial charge on any atom is -0.352 e. The molecule has 5 nitrogen and oxygen atoms in total. The third kappa shape index (κ3) is 3.23. The number of nitrogens with one attached hydrogen (secondary N) is 2. The molecule has 0 fully saturated rings. The number of hydrogen-bond acceptors (Lipinski definition) is 3. The second-order valence-corrected chi connectivity index (χ2v) is 5.12. The monoisotopic (exact) mass is 277 g/mol. The highest BCUT2D eigenvalue weighted by Crippen LogP contribution is 2.25. The van der Waals surface area contributed by atoms with Crippen molar-refractivity contribution < 1.29 is 9.59 Å². The summed E-state index contributed by atoms with van der Waals surface area (Å²) < 4.78 is 1.19. The van der Waals surface area contributed by atoms with Gasteiger partial charge in [0.2, 0.25) is 5.91 Å². The molecule has 4 N–H and O–H groups in total. The molecule has 2 rings (SSSR count). The molecule has 0 spiro atoms. The molecule has 3 amide bonds. The second-order valence-electron chi connectivity index (χ2n) is 4.21. The first-order valence-electron chi connectivity index (χ1n) is 5.86. The fraction of sp³-hybridized carbons (Fsp3) is 0.231. The number of urea groups is 1. The molecule has 0 aliphatic carbocycles. The molecule has 6 heteroatoms. The number of hydrogen-bond donors (Lipinski definition) is 3. The molecule has 100 valence electrons. The molecule has 0 saturated heterocycles. The van der Waals surface area contributed by atoms with Crippen LogP contribution in [0.4, 0.5) is 4.79 Å². The predicted molar refractivity (Wildman–Crippen MR) is 75.9 cm³/mol. The van der Waals surface area contributed by atoms with Gasteiger partial charge in [-0.25, -0.2) is 4.79 Å². The molecule has 1 heterocycles. The highest BCUT2D eigenvalue weighted by atomic mass is 32.1. The molecule has 0 saturated carbocycles. The van der Waals surface area contributed by atoms with E-state index in [9.17, 15) is 9.59 Å². The number of fused-ring (bicyclic) bond motifs is 1. The number of rotatable bonds is 4. The van der Waals surface area contributed by atoms with E-state index in [1.807, 2.05) is 29.6 Å². The summed E-state index contributed by atoms with van der Waals surface area (Å²) in [5.41, 5.74) is 6.04. The van der Waals surface area contributed by atoms with Crippen molar-refractivity contribution in [1.29, 1.82) is 0 Å². The zero-order valence-corrected chi connectivity index (χ0v) is 11.3. The Morgan fingerprint density at radius 2 is 2.11 bits per heavy atom. The van der Waals surface area contributed by atoms with Crippen LogP contribution in [0, 0.1) is 0 Å². The molecule has 1 aromatic carbocycles. The number of amides is 3. The van der Waals surface area contributed by atoms with Crippen molar-refractivity contribution in [3.63, 3.8) is 0 Å². The summed E-state index contributed by atoms with van der Waals surface area (Å²) in [6.07, 6.45) is 0. The van der Waals surface area contributed by atoms with Gasteiger partial charge in [-0.05, 0) is 29.3 Å². The summed E-state index contributed by atoms with van der Waals surface area (Å²) in [5, 5.41) is 8.29. The van der Waals surface area contributed by atoms with Crippen LogP contribution in [-0.4, -0.2) is 18.0 Å². The zero-order valence-electron chi connectivity index (χ0n) is 10.5. The molecule has 19 heavy (non-hydrogen) atoms. The molecular weight excluding hydrogens is 262 g/mol. The van der Waals surface area contributed by atoms with Crippen LogP contribution in [0.25, 0.3) is 10.1 Å². The molecule has 0 aliphatic rings. The minimum absolute atomic E-state index is 0.255. The van der Waals surface area contributed by atoms with E-state index in [2.05, 4.69) is 10.6 Å². The Balaban J connectivity index is 1.99. The lowest BCUT2D eigenvalue weighted by atomic mass is 10.2. The van der Waals surface area contributed by atoms with E-state index in [0.29, 0.717) is 6.54 Å². The molecule has 0 aliphatic heterocycles. The van der Waals surface area contributed by atoms with Gasteiger partial charge in [-0.3, -0.25) is 4.79 Å². The average molecular weight is 277 g/mol. The molecule has 2 aromatic rings. The van der Waals surface area contributed by atoms with Crippen LogP contribution in [0.3, 0.4) is 0 Å². The maximum absolute atomic E-state index is 11.7. The van der Waals surface area contributed by atoms with Gasteiger partial charge in [0, 0.05) is 11.2 Å². The van der Waals surface area contributed by atoms with Crippen molar-refractivity contribution in [2.24, 2.45) is 5.73 Å². The zero-order chi connectivity index (χ0) is 13.8. The second kappa shape index (κ2) is 5.71. The fourth-order valence-electron chi connectivity index (χ4n) is 1.78. The van der Waals surface area contributed by atoms with Gasteiger partial charge < -0.3 is 16.4 Å². The lowest BCUT2D eigenvalue weighted by Gasteiger charge is -2.12. The summed E-state index contributed by atoms with van der Waals surface area (Å²) in [6.45, 7) is 2.03.